The third-order valence-electron chi connectivity index (χ3n) is 4.22. The van der Waals surface area contributed by atoms with Crippen molar-refractivity contribution in [1.82, 2.24) is 15.4 Å². The van der Waals surface area contributed by atoms with Crippen molar-refractivity contribution in [3.63, 3.8) is 0 Å². The van der Waals surface area contributed by atoms with Gasteiger partial charge in [0.05, 0.1) is 5.56 Å². The van der Waals surface area contributed by atoms with Gasteiger partial charge in [-0.25, -0.2) is 9.97 Å². The molecule has 0 spiro atoms. The highest BCUT2D eigenvalue weighted by molar-refractivity contribution is 5.90. The Bertz CT molecular complexity index is 828. The van der Waals surface area contributed by atoms with E-state index < -0.39 is 0 Å². The standard InChI is InChI=1S/C19H19N5/c1-2-6-15-12-20-18(14-7-4-3-5-8-14)22-19(15)21-17-11-16(23-24-17)13-9-10-13/h3-5,7-8,12-13,17,24H,9-11H2,1H3,(H,20,21,22). The molecule has 5 heteroatoms. The number of nitrogens with zero attached hydrogens (tertiary/aromatic N) is 3. The summed E-state index contributed by atoms with van der Waals surface area (Å²) >= 11 is 0. The summed E-state index contributed by atoms with van der Waals surface area (Å²) in [7, 11) is 0. The molecule has 0 radical (unpaired) electrons. The summed E-state index contributed by atoms with van der Waals surface area (Å²) in [5.74, 6) is 8.13. The van der Waals surface area contributed by atoms with Gasteiger partial charge >= 0.3 is 0 Å². The Morgan fingerprint density at radius 3 is 2.79 bits per heavy atom. The normalized spacial score (nSPS) is 19.0. The Morgan fingerprint density at radius 2 is 2.04 bits per heavy atom. The van der Waals surface area contributed by atoms with E-state index in [4.69, 9.17) is 4.98 Å². The van der Waals surface area contributed by atoms with Crippen LogP contribution >= 0.6 is 0 Å². The Labute approximate surface area is 141 Å². The van der Waals surface area contributed by atoms with E-state index in [0.29, 0.717) is 11.7 Å². The van der Waals surface area contributed by atoms with Crippen molar-refractivity contribution in [3.8, 4) is 23.2 Å². The van der Waals surface area contributed by atoms with Crippen LogP contribution in [0.5, 0.6) is 0 Å². The van der Waals surface area contributed by atoms with E-state index in [1.807, 2.05) is 37.3 Å². The number of anilines is 1. The van der Waals surface area contributed by atoms with Gasteiger partial charge in [0.25, 0.3) is 0 Å². The quantitative estimate of drug-likeness (QED) is 0.851. The van der Waals surface area contributed by atoms with Crippen LogP contribution in [0.4, 0.5) is 5.82 Å². The van der Waals surface area contributed by atoms with Crippen LogP contribution in [-0.4, -0.2) is 21.8 Å². The highest BCUT2D eigenvalue weighted by Gasteiger charge is 2.32. The lowest BCUT2D eigenvalue weighted by molar-refractivity contribution is 0.646. The monoisotopic (exact) mass is 317 g/mol. The van der Waals surface area contributed by atoms with Gasteiger partial charge in [-0.15, -0.1) is 5.92 Å². The fourth-order valence-corrected chi connectivity index (χ4v) is 2.83. The second-order valence-electron chi connectivity index (χ2n) is 6.10. The summed E-state index contributed by atoms with van der Waals surface area (Å²) in [6, 6.07) is 9.97. The first kappa shape index (κ1) is 14.7. The number of nitrogens with one attached hydrogen (secondary N) is 2. The number of aromatic nitrogens is 2. The number of rotatable bonds is 4. The van der Waals surface area contributed by atoms with Crippen molar-refractivity contribution < 1.29 is 0 Å². The molecule has 0 bridgehead atoms. The minimum absolute atomic E-state index is 0.0662. The second-order valence-corrected chi connectivity index (χ2v) is 6.10. The summed E-state index contributed by atoms with van der Waals surface area (Å²) in [5, 5.41) is 7.89. The summed E-state index contributed by atoms with van der Waals surface area (Å²) in [5.41, 5.74) is 6.24. The number of hydrogen-bond acceptors (Lipinski definition) is 5. The minimum atomic E-state index is 0.0662. The molecule has 1 aliphatic heterocycles. The smallest absolute Gasteiger partial charge is 0.161 e. The molecule has 0 saturated heterocycles. The maximum atomic E-state index is 4.69. The lowest BCUT2D eigenvalue weighted by atomic mass is 10.1. The second kappa shape index (κ2) is 6.32. The van der Waals surface area contributed by atoms with Gasteiger partial charge < -0.3 is 5.32 Å². The summed E-state index contributed by atoms with van der Waals surface area (Å²) < 4.78 is 0. The number of benzene rings is 1. The van der Waals surface area contributed by atoms with E-state index in [-0.39, 0.29) is 6.17 Å². The molecule has 1 atom stereocenters. The van der Waals surface area contributed by atoms with E-state index in [1.165, 1.54) is 18.6 Å². The largest absolute Gasteiger partial charge is 0.347 e. The zero-order valence-electron chi connectivity index (χ0n) is 13.6. The van der Waals surface area contributed by atoms with Crippen LogP contribution in [0.3, 0.4) is 0 Å². The zero-order chi connectivity index (χ0) is 16.4. The summed E-state index contributed by atoms with van der Waals surface area (Å²) in [6.45, 7) is 1.82. The Morgan fingerprint density at radius 1 is 1.21 bits per heavy atom. The molecule has 2 N–H and O–H groups in total. The topological polar surface area (TPSA) is 62.2 Å². The average molecular weight is 317 g/mol. The first-order chi connectivity index (χ1) is 11.8. The van der Waals surface area contributed by atoms with E-state index in [9.17, 15) is 0 Å². The minimum Gasteiger partial charge on any atom is -0.347 e. The molecule has 2 aliphatic rings. The summed E-state index contributed by atoms with van der Waals surface area (Å²) in [4.78, 5) is 9.15. The van der Waals surface area contributed by atoms with Gasteiger partial charge in [0.2, 0.25) is 0 Å². The molecule has 1 unspecified atom stereocenters. The molecule has 2 aromatic rings. The van der Waals surface area contributed by atoms with Crippen molar-refractivity contribution in [2.45, 2.75) is 32.4 Å². The van der Waals surface area contributed by atoms with Gasteiger partial charge in [-0.2, -0.15) is 5.10 Å². The van der Waals surface area contributed by atoms with E-state index >= 15 is 0 Å². The third-order valence-corrected chi connectivity index (χ3v) is 4.22. The predicted molar refractivity (Wildman–Crippen MR) is 95.3 cm³/mol. The molecule has 1 aliphatic carbocycles. The Balaban J connectivity index is 1.58. The van der Waals surface area contributed by atoms with Crippen LogP contribution in [0.2, 0.25) is 0 Å². The fraction of sp³-hybridized carbons (Fsp3) is 0.316. The van der Waals surface area contributed by atoms with Crippen molar-refractivity contribution >= 4 is 11.5 Å². The zero-order valence-corrected chi connectivity index (χ0v) is 13.6. The van der Waals surface area contributed by atoms with Crippen molar-refractivity contribution in [1.29, 1.82) is 0 Å². The van der Waals surface area contributed by atoms with Crippen molar-refractivity contribution in [2.75, 3.05) is 5.32 Å². The van der Waals surface area contributed by atoms with Gasteiger partial charge in [-0.1, -0.05) is 36.3 Å². The van der Waals surface area contributed by atoms with Crippen LogP contribution in [0.1, 0.15) is 31.7 Å². The molecule has 1 aromatic carbocycles. The lowest BCUT2D eigenvalue weighted by Gasteiger charge is -2.15. The van der Waals surface area contributed by atoms with Gasteiger partial charge in [0.1, 0.15) is 12.0 Å². The molecule has 1 fully saturated rings. The lowest BCUT2D eigenvalue weighted by Crippen LogP contribution is -2.30. The van der Waals surface area contributed by atoms with Crippen LogP contribution < -0.4 is 10.7 Å². The van der Waals surface area contributed by atoms with E-state index in [1.54, 1.807) is 6.20 Å². The first-order valence-electron chi connectivity index (χ1n) is 8.27. The van der Waals surface area contributed by atoms with Gasteiger partial charge in [0.15, 0.2) is 5.82 Å². The summed E-state index contributed by atoms with van der Waals surface area (Å²) in [6.07, 6.45) is 5.30. The molecule has 5 nitrogen and oxygen atoms in total. The van der Waals surface area contributed by atoms with Crippen LogP contribution in [0.15, 0.2) is 41.6 Å². The fourth-order valence-electron chi connectivity index (χ4n) is 2.83. The first-order valence-corrected chi connectivity index (χ1v) is 8.27. The molecule has 0 amide bonds. The Hall–Kier alpha value is -2.87. The van der Waals surface area contributed by atoms with Crippen molar-refractivity contribution in [2.24, 2.45) is 11.0 Å². The molecular weight excluding hydrogens is 298 g/mol. The van der Waals surface area contributed by atoms with Gasteiger partial charge in [0, 0.05) is 23.9 Å². The van der Waals surface area contributed by atoms with Crippen LogP contribution in [0.25, 0.3) is 11.4 Å². The molecule has 24 heavy (non-hydrogen) atoms. The predicted octanol–water partition coefficient (Wildman–Crippen LogP) is 3.01. The van der Waals surface area contributed by atoms with Gasteiger partial charge in [-0.3, -0.25) is 5.43 Å². The third kappa shape index (κ3) is 3.09. The van der Waals surface area contributed by atoms with Gasteiger partial charge in [-0.05, 0) is 25.7 Å². The molecule has 2 heterocycles. The molecule has 1 aromatic heterocycles. The SMILES string of the molecule is CC#Cc1cnc(-c2ccccc2)nc1NC1CC(C2CC2)=NN1. The Kier molecular flexibility index (Phi) is 3.87. The highest BCUT2D eigenvalue weighted by atomic mass is 15.4. The maximum Gasteiger partial charge on any atom is 0.161 e. The molecule has 4 rings (SSSR count). The molecular formula is C19H19N5. The van der Waals surface area contributed by atoms with Crippen LogP contribution in [0, 0.1) is 17.8 Å². The van der Waals surface area contributed by atoms with E-state index in [2.05, 4.69) is 32.7 Å². The average Bonchev–Trinajstić information content (AvgIpc) is 3.37. The number of hydrazone groups is 1. The molecule has 1 saturated carbocycles. The van der Waals surface area contributed by atoms with E-state index in [0.717, 1.165) is 23.4 Å². The van der Waals surface area contributed by atoms with Crippen LogP contribution in [-0.2, 0) is 0 Å². The molecule has 120 valence electrons. The number of hydrogen-bond donors (Lipinski definition) is 2. The maximum absolute atomic E-state index is 4.69. The van der Waals surface area contributed by atoms with Crippen molar-refractivity contribution in [3.05, 3.63) is 42.1 Å². The highest BCUT2D eigenvalue weighted by Crippen LogP contribution is 2.33.